The summed E-state index contributed by atoms with van der Waals surface area (Å²) < 4.78 is 7.00. The van der Waals surface area contributed by atoms with E-state index < -0.39 is 16.4 Å². The van der Waals surface area contributed by atoms with Gasteiger partial charge in [-0.25, -0.2) is 0 Å². The van der Waals surface area contributed by atoms with Gasteiger partial charge in [-0.1, -0.05) is 103 Å². The van der Waals surface area contributed by atoms with E-state index in [0.717, 1.165) is 12.8 Å². The molecule has 0 saturated carbocycles. The standard InChI is InChI=1S/C24H48OSi2/c1-11-18-24(26(12-2,13-3)14-4)20-23(19-22(10)21(8)9)25-27(15-5,16-6)17-7/h11,20-21,23H,1,10,12-19H2,2-9H3/b24-20+. The first-order valence-electron chi connectivity index (χ1n) is 11.4. The van der Waals surface area contributed by atoms with Crippen molar-refractivity contribution < 1.29 is 4.43 Å². The van der Waals surface area contributed by atoms with Gasteiger partial charge in [0, 0.05) is 0 Å². The summed E-state index contributed by atoms with van der Waals surface area (Å²) in [6.45, 7) is 27.1. The average molecular weight is 409 g/mol. The molecule has 158 valence electrons. The van der Waals surface area contributed by atoms with Crippen molar-refractivity contribution in [2.45, 2.75) is 111 Å². The predicted octanol–water partition coefficient (Wildman–Crippen LogP) is 8.53. The van der Waals surface area contributed by atoms with Gasteiger partial charge in [0.25, 0.3) is 0 Å². The van der Waals surface area contributed by atoms with E-state index >= 15 is 0 Å². The number of rotatable bonds is 15. The number of hydrogen-bond acceptors (Lipinski definition) is 1. The van der Waals surface area contributed by atoms with Crippen molar-refractivity contribution in [1.29, 1.82) is 0 Å². The summed E-state index contributed by atoms with van der Waals surface area (Å²) in [6.07, 6.45) is 6.83. The van der Waals surface area contributed by atoms with Crippen molar-refractivity contribution in [3.8, 4) is 0 Å². The fourth-order valence-electron chi connectivity index (χ4n) is 4.22. The molecule has 0 aliphatic carbocycles. The molecule has 0 aromatic carbocycles. The third-order valence-electron chi connectivity index (χ3n) is 7.08. The SMILES string of the molecule is C=CC/C(=C\C(CC(=C)C(C)C)O[Si](CC)(CC)CC)[Si](CC)(CC)CC. The molecule has 1 unspecified atom stereocenters. The van der Waals surface area contributed by atoms with Crippen LogP contribution in [0.2, 0.25) is 36.3 Å². The Labute approximate surface area is 173 Å². The van der Waals surface area contributed by atoms with Crippen molar-refractivity contribution in [3.05, 3.63) is 36.1 Å². The van der Waals surface area contributed by atoms with Crippen LogP contribution >= 0.6 is 0 Å². The Kier molecular flexibility index (Phi) is 12.8. The minimum atomic E-state index is -1.66. The molecule has 0 bridgehead atoms. The summed E-state index contributed by atoms with van der Waals surface area (Å²) in [7, 11) is -3.08. The molecule has 0 amide bonds. The first-order valence-corrected chi connectivity index (χ1v) is 16.6. The molecular weight excluding hydrogens is 360 g/mol. The molecule has 0 aliphatic heterocycles. The minimum Gasteiger partial charge on any atom is -0.410 e. The molecular formula is C24H48OSi2. The maximum Gasteiger partial charge on any atom is 0.192 e. The molecule has 3 heteroatoms. The summed E-state index contributed by atoms with van der Waals surface area (Å²) >= 11 is 0. The summed E-state index contributed by atoms with van der Waals surface area (Å²) in [4.78, 5) is 0. The molecule has 0 aromatic heterocycles. The molecule has 27 heavy (non-hydrogen) atoms. The highest BCUT2D eigenvalue weighted by atomic mass is 28.4. The van der Waals surface area contributed by atoms with Gasteiger partial charge in [-0.15, -0.1) is 6.58 Å². The van der Waals surface area contributed by atoms with E-state index in [1.54, 1.807) is 5.20 Å². The Morgan fingerprint density at radius 1 is 0.889 bits per heavy atom. The Hall–Kier alpha value is -0.386. The smallest absolute Gasteiger partial charge is 0.192 e. The second kappa shape index (κ2) is 13.0. The van der Waals surface area contributed by atoms with Crippen LogP contribution in [0.25, 0.3) is 0 Å². The van der Waals surface area contributed by atoms with Crippen molar-refractivity contribution in [1.82, 2.24) is 0 Å². The maximum atomic E-state index is 7.00. The molecule has 0 N–H and O–H groups in total. The van der Waals surface area contributed by atoms with Crippen LogP contribution in [0, 0.1) is 5.92 Å². The van der Waals surface area contributed by atoms with Crippen LogP contribution in [0.4, 0.5) is 0 Å². The van der Waals surface area contributed by atoms with Crippen LogP contribution in [0.15, 0.2) is 36.1 Å². The van der Waals surface area contributed by atoms with E-state index in [4.69, 9.17) is 4.43 Å². The highest BCUT2D eigenvalue weighted by Crippen LogP contribution is 2.34. The van der Waals surface area contributed by atoms with Gasteiger partial charge in [-0.3, -0.25) is 0 Å². The zero-order valence-electron chi connectivity index (χ0n) is 19.8. The molecule has 0 rings (SSSR count). The summed E-state index contributed by atoms with van der Waals surface area (Å²) in [5, 5.41) is 1.66. The topological polar surface area (TPSA) is 9.23 Å². The van der Waals surface area contributed by atoms with Crippen LogP contribution in [-0.4, -0.2) is 22.5 Å². The summed E-state index contributed by atoms with van der Waals surface area (Å²) in [6, 6.07) is 7.55. The van der Waals surface area contributed by atoms with Gasteiger partial charge in [-0.2, -0.15) is 0 Å². The summed E-state index contributed by atoms with van der Waals surface area (Å²) in [5.74, 6) is 0.513. The van der Waals surface area contributed by atoms with Crippen molar-refractivity contribution in [2.75, 3.05) is 0 Å². The average Bonchev–Trinajstić information content (AvgIpc) is 2.67. The largest absolute Gasteiger partial charge is 0.410 e. The van der Waals surface area contributed by atoms with Gasteiger partial charge in [-0.05, 0) is 36.9 Å². The van der Waals surface area contributed by atoms with Crippen LogP contribution < -0.4 is 0 Å². The maximum absolute atomic E-state index is 7.00. The molecule has 0 spiro atoms. The fraction of sp³-hybridized carbons (Fsp3) is 0.750. The molecule has 0 saturated heterocycles. The molecule has 0 aliphatic rings. The zero-order valence-corrected chi connectivity index (χ0v) is 21.8. The van der Waals surface area contributed by atoms with Gasteiger partial charge < -0.3 is 4.43 Å². The zero-order chi connectivity index (χ0) is 21.1. The van der Waals surface area contributed by atoms with E-state index in [1.165, 1.54) is 41.8 Å². The first kappa shape index (κ1) is 26.6. The molecule has 1 nitrogen and oxygen atoms in total. The van der Waals surface area contributed by atoms with Crippen molar-refractivity contribution in [2.24, 2.45) is 5.92 Å². The van der Waals surface area contributed by atoms with E-state index in [0.29, 0.717) is 5.92 Å². The fourth-order valence-corrected chi connectivity index (χ4v) is 11.0. The van der Waals surface area contributed by atoms with Crippen LogP contribution in [-0.2, 0) is 4.43 Å². The quantitative estimate of drug-likeness (QED) is 0.195. The van der Waals surface area contributed by atoms with Gasteiger partial charge in [0.2, 0.25) is 0 Å². The van der Waals surface area contributed by atoms with E-state index in [9.17, 15) is 0 Å². The number of hydrogen-bond donors (Lipinski definition) is 0. The highest BCUT2D eigenvalue weighted by molar-refractivity contribution is 6.86. The second-order valence-electron chi connectivity index (χ2n) is 8.44. The van der Waals surface area contributed by atoms with Gasteiger partial charge in [0.15, 0.2) is 8.32 Å². The number of allylic oxidation sites excluding steroid dienone is 2. The van der Waals surface area contributed by atoms with E-state index in [-0.39, 0.29) is 6.10 Å². The molecule has 0 heterocycles. The van der Waals surface area contributed by atoms with Crippen LogP contribution in [0.3, 0.4) is 0 Å². The van der Waals surface area contributed by atoms with E-state index in [1.807, 2.05) is 0 Å². The van der Waals surface area contributed by atoms with Crippen LogP contribution in [0.1, 0.15) is 68.2 Å². The Morgan fingerprint density at radius 2 is 1.37 bits per heavy atom. The highest BCUT2D eigenvalue weighted by Gasteiger charge is 2.34. The van der Waals surface area contributed by atoms with Crippen molar-refractivity contribution in [3.63, 3.8) is 0 Å². The van der Waals surface area contributed by atoms with Gasteiger partial charge >= 0.3 is 0 Å². The van der Waals surface area contributed by atoms with E-state index in [2.05, 4.69) is 80.7 Å². The summed E-state index contributed by atoms with van der Waals surface area (Å²) in [5.41, 5.74) is 1.32. The van der Waals surface area contributed by atoms with Gasteiger partial charge in [0.1, 0.15) is 0 Å². The van der Waals surface area contributed by atoms with Crippen LogP contribution in [0.5, 0.6) is 0 Å². The molecule has 1 atom stereocenters. The first-order chi connectivity index (χ1) is 12.7. The normalized spacial score (nSPS) is 14.5. The lowest BCUT2D eigenvalue weighted by Crippen LogP contribution is -2.41. The molecule has 0 fully saturated rings. The monoisotopic (exact) mass is 408 g/mol. The second-order valence-corrected chi connectivity index (χ2v) is 18.5. The lowest BCUT2D eigenvalue weighted by Gasteiger charge is -2.36. The van der Waals surface area contributed by atoms with Gasteiger partial charge in [0.05, 0.1) is 14.2 Å². The third-order valence-corrected chi connectivity index (χ3v) is 17.5. The molecule has 0 aromatic rings. The van der Waals surface area contributed by atoms with Crippen molar-refractivity contribution >= 4 is 16.4 Å². The Balaban J connectivity index is 6.08. The third kappa shape index (κ3) is 7.51. The lowest BCUT2D eigenvalue weighted by atomic mass is 9.99. The Morgan fingerprint density at radius 3 is 1.70 bits per heavy atom. The predicted molar refractivity (Wildman–Crippen MR) is 131 cm³/mol. The lowest BCUT2D eigenvalue weighted by molar-refractivity contribution is 0.229. The Bertz CT molecular complexity index is 454. The molecule has 0 radical (unpaired) electrons. The minimum absolute atomic E-state index is 0.192.